The van der Waals surface area contributed by atoms with Gasteiger partial charge in [0.15, 0.2) is 0 Å². The molecule has 3 nitrogen and oxygen atoms in total. The van der Waals surface area contributed by atoms with E-state index in [9.17, 15) is 0 Å². The fraction of sp³-hybridized carbons (Fsp3) is 0.875. The van der Waals surface area contributed by atoms with E-state index in [1.807, 2.05) is 20.6 Å². The Bertz CT molecular complexity index is 63.1. The minimum absolute atomic E-state index is 1.16. The summed E-state index contributed by atoms with van der Waals surface area (Å²) in [4.78, 5) is 10.3. The summed E-state index contributed by atoms with van der Waals surface area (Å²) in [5, 5.41) is 3.27. The van der Waals surface area contributed by atoms with Crippen LogP contribution in [0.4, 0.5) is 0 Å². The fourth-order valence-electron chi connectivity index (χ4n) is 0.777. The van der Waals surface area contributed by atoms with Crippen LogP contribution in [0.25, 0.3) is 0 Å². The molecule has 0 aromatic carbocycles. The average molecular weight is 160 g/mol. The molecule has 0 bridgehead atoms. The van der Waals surface area contributed by atoms with Gasteiger partial charge in [-0.1, -0.05) is 13.8 Å². The lowest BCUT2D eigenvalue weighted by Gasteiger charge is -2.21. The molecule has 1 aliphatic rings. The Kier molecular flexibility index (Phi) is 14.7. The maximum Gasteiger partial charge on any atom is 0.106 e. The first-order chi connectivity index (χ1) is 5.39. The first-order valence-electron chi connectivity index (χ1n) is 4.08. The minimum Gasteiger partial charge on any atom is -0.314 e. The lowest BCUT2D eigenvalue weighted by Crippen LogP contribution is -2.40. The summed E-state index contributed by atoms with van der Waals surface area (Å²) in [5.74, 6) is 0. The highest BCUT2D eigenvalue weighted by molar-refractivity contribution is 5.10. The predicted molar refractivity (Wildman–Crippen MR) is 48.8 cm³/mol. The Balaban J connectivity index is 0. The largest absolute Gasteiger partial charge is 0.314 e. The molecule has 0 aromatic heterocycles. The third-order valence-electron chi connectivity index (χ3n) is 1.34. The van der Waals surface area contributed by atoms with E-state index in [-0.39, 0.29) is 0 Å². The van der Waals surface area contributed by atoms with Gasteiger partial charge in [-0.25, -0.2) is 0 Å². The van der Waals surface area contributed by atoms with Gasteiger partial charge in [-0.2, -0.15) is 0 Å². The summed E-state index contributed by atoms with van der Waals surface area (Å²) in [5.41, 5.74) is 0. The van der Waals surface area contributed by atoms with Crippen molar-refractivity contribution in [1.29, 1.82) is 0 Å². The van der Waals surface area contributed by atoms with Crippen molar-refractivity contribution in [1.82, 2.24) is 10.2 Å². The van der Waals surface area contributed by atoms with Crippen LogP contribution in [0.3, 0.4) is 0 Å². The highest BCUT2D eigenvalue weighted by atomic mass is 16.1. The van der Waals surface area contributed by atoms with E-state index in [1.54, 1.807) is 0 Å². The molecule has 0 aliphatic carbocycles. The molecule has 1 fully saturated rings. The second-order valence-corrected chi connectivity index (χ2v) is 2.05. The van der Waals surface area contributed by atoms with E-state index in [4.69, 9.17) is 4.79 Å². The molecule has 0 unspecified atom stereocenters. The van der Waals surface area contributed by atoms with Crippen LogP contribution in [0.2, 0.25) is 0 Å². The van der Waals surface area contributed by atoms with Gasteiger partial charge in [0.05, 0.1) is 0 Å². The molecule has 3 heteroatoms. The Morgan fingerprint density at radius 3 is 1.73 bits per heavy atom. The zero-order valence-corrected chi connectivity index (χ0v) is 7.89. The summed E-state index contributed by atoms with van der Waals surface area (Å²) in [6, 6.07) is 0. The van der Waals surface area contributed by atoms with E-state index < -0.39 is 0 Å². The quantitative estimate of drug-likeness (QED) is 0.555. The average Bonchev–Trinajstić information content (AvgIpc) is 2.13. The summed E-state index contributed by atoms with van der Waals surface area (Å²) >= 11 is 0. The number of nitrogens with one attached hydrogen (secondary N) is 1. The second kappa shape index (κ2) is 12.3. The van der Waals surface area contributed by atoms with Crippen LogP contribution >= 0.6 is 0 Å². The third-order valence-corrected chi connectivity index (χ3v) is 1.34. The molecular weight excluding hydrogens is 140 g/mol. The maximum atomic E-state index is 8.00. The number of rotatable bonds is 0. The van der Waals surface area contributed by atoms with Gasteiger partial charge < -0.3 is 15.0 Å². The topological polar surface area (TPSA) is 32.3 Å². The van der Waals surface area contributed by atoms with Gasteiger partial charge in [-0.3, -0.25) is 0 Å². The van der Waals surface area contributed by atoms with Gasteiger partial charge in [0.2, 0.25) is 0 Å². The van der Waals surface area contributed by atoms with Crippen molar-refractivity contribution >= 4 is 6.79 Å². The monoisotopic (exact) mass is 160 g/mol. The molecule has 0 radical (unpaired) electrons. The molecule has 0 spiro atoms. The highest BCUT2D eigenvalue weighted by Crippen LogP contribution is 1.82. The molecule has 0 amide bonds. The predicted octanol–water partition coefficient (Wildman–Crippen LogP) is 0.363. The molecule has 0 aromatic rings. The van der Waals surface area contributed by atoms with Gasteiger partial charge >= 0.3 is 0 Å². The van der Waals surface area contributed by atoms with Crippen molar-refractivity contribution in [2.24, 2.45) is 0 Å². The first-order valence-corrected chi connectivity index (χ1v) is 4.08. The van der Waals surface area contributed by atoms with E-state index in [1.165, 1.54) is 13.1 Å². The van der Waals surface area contributed by atoms with Crippen molar-refractivity contribution < 1.29 is 4.79 Å². The number of carbonyl (C=O) groups is 1. The summed E-state index contributed by atoms with van der Waals surface area (Å²) < 4.78 is 0. The zero-order chi connectivity index (χ0) is 9.11. The summed E-state index contributed by atoms with van der Waals surface area (Å²) in [6.07, 6.45) is 0. The molecule has 68 valence electrons. The van der Waals surface area contributed by atoms with Crippen LogP contribution in [0.1, 0.15) is 13.8 Å². The molecule has 1 saturated heterocycles. The number of hydrogen-bond donors (Lipinski definition) is 1. The van der Waals surface area contributed by atoms with E-state index >= 15 is 0 Å². The number of nitrogens with zero attached hydrogens (tertiary/aromatic N) is 1. The van der Waals surface area contributed by atoms with Crippen molar-refractivity contribution in [2.75, 3.05) is 33.2 Å². The van der Waals surface area contributed by atoms with Gasteiger partial charge in [-0.15, -0.1) is 0 Å². The molecule has 1 N–H and O–H groups in total. The van der Waals surface area contributed by atoms with Crippen LogP contribution in [-0.4, -0.2) is 44.9 Å². The smallest absolute Gasteiger partial charge is 0.106 e. The normalized spacial score (nSPS) is 17.0. The number of likely N-dealkylation sites (N-methyl/N-ethyl adjacent to an activating group) is 1. The van der Waals surface area contributed by atoms with Crippen LogP contribution in [-0.2, 0) is 4.79 Å². The first kappa shape index (κ1) is 13.2. The third kappa shape index (κ3) is 9.59. The van der Waals surface area contributed by atoms with Gasteiger partial charge in [0.25, 0.3) is 0 Å². The van der Waals surface area contributed by atoms with Gasteiger partial charge in [-0.05, 0) is 7.05 Å². The lowest BCUT2D eigenvalue weighted by molar-refractivity contribution is -0.0979. The Hall–Kier alpha value is -0.410. The minimum atomic E-state index is 1.16. The van der Waals surface area contributed by atoms with Crippen molar-refractivity contribution in [3.8, 4) is 0 Å². The van der Waals surface area contributed by atoms with E-state index in [0.29, 0.717) is 0 Å². The van der Waals surface area contributed by atoms with Crippen molar-refractivity contribution in [2.45, 2.75) is 13.8 Å². The summed E-state index contributed by atoms with van der Waals surface area (Å²) in [6.45, 7) is 10.7. The molecule has 11 heavy (non-hydrogen) atoms. The number of piperazine rings is 1. The van der Waals surface area contributed by atoms with Crippen LogP contribution in [0, 0.1) is 0 Å². The molecule has 1 heterocycles. The van der Waals surface area contributed by atoms with Crippen LogP contribution < -0.4 is 5.32 Å². The van der Waals surface area contributed by atoms with Gasteiger partial charge in [0.1, 0.15) is 6.79 Å². The Morgan fingerprint density at radius 2 is 1.55 bits per heavy atom. The van der Waals surface area contributed by atoms with Crippen molar-refractivity contribution in [3.63, 3.8) is 0 Å². The molecule has 0 saturated carbocycles. The number of hydrogen-bond acceptors (Lipinski definition) is 3. The van der Waals surface area contributed by atoms with Crippen LogP contribution in [0.5, 0.6) is 0 Å². The summed E-state index contributed by atoms with van der Waals surface area (Å²) in [7, 11) is 2.15. The maximum absolute atomic E-state index is 8.00. The van der Waals surface area contributed by atoms with E-state index in [2.05, 4.69) is 17.3 Å². The molecule has 1 rings (SSSR count). The zero-order valence-electron chi connectivity index (χ0n) is 7.89. The number of carbonyl (C=O) groups excluding carboxylic acids is 1. The van der Waals surface area contributed by atoms with Crippen molar-refractivity contribution in [3.05, 3.63) is 0 Å². The lowest BCUT2D eigenvalue weighted by atomic mass is 10.4. The van der Waals surface area contributed by atoms with E-state index in [0.717, 1.165) is 13.1 Å². The Labute approximate surface area is 69.8 Å². The fourth-order valence-corrected chi connectivity index (χ4v) is 0.777. The molecule has 1 aliphatic heterocycles. The SMILES string of the molecule is C=O.CC.CN1CCNCC1. The Morgan fingerprint density at radius 1 is 1.18 bits per heavy atom. The second-order valence-electron chi connectivity index (χ2n) is 2.05. The van der Waals surface area contributed by atoms with Crippen LogP contribution in [0.15, 0.2) is 0 Å². The van der Waals surface area contributed by atoms with Gasteiger partial charge in [0, 0.05) is 26.2 Å². The highest BCUT2D eigenvalue weighted by Gasteiger charge is 2.01. The standard InChI is InChI=1S/C5H12N2.C2H6.CH2O/c1-7-4-2-6-3-5-7;2*1-2/h6H,2-5H2,1H3;1-2H3;1H2. The molecule has 0 atom stereocenters. The molecular formula is C8H20N2O.